The quantitative estimate of drug-likeness (QED) is 0.639. The minimum Gasteiger partial charge on any atom is -0.444 e. The summed E-state index contributed by atoms with van der Waals surface area (Å²) in [5.41, 5.74) is -0.570. The number of carbonyl (C=O) groups is 2. The summed E-state index contributed by atoms with van der Waals surface area (Å²) in [6, 6.07) is 0.100. The van der Waals surface area contributed by atoms with E-state index >= 15 is 0 Å². The number of hydrogen-bond acceptors (Lipinski definition) is 3. The zero-order chi connectivity index (χ0) is 22.6. The number of hydrogen-bond donors (Lipinski definition) is 2. The molecular formula is C25H43N3O3. The molecule has 6 heteroatoms. The largest absolute Gasteiger partial charge is 0.444 e. The van der Waals surface area contributed by atoms with Crippen molar-refractivity contribution in [3.8, 4) is 0 Å². The molecule has 2 unspecified atom stereocenters. The summed E-state index contributed by atoms with van der Waals surface area (Å²) < 4.78 is 5.67. The molecule has 176 valence electrons. The molecule has 4 bridgehead atoms. The number of urea groups is 1. The van der Waals surface area contributed by atoms with Gasteiger partial charge in [-0.3, -0.25) is 0 Å². The third-order valence-corrected chi connectivity index (χ3v) is 7.98. The van der Waals surface area contributed by atoms with Crippen molar-refractivity contribution in [1.29, 1.82) is 0 Å². The topological polar surface area (TPSA) is 70.7 Å². The summed E-state index contributed by atoms with van der Waals surface area (Å²) in [6.45, 7) is 12.8. The van der Waals surface area contributed by atoms with Crippen LogP contribution in [0.1, 0.15) is 92.9 Å². The zero-order valence-corrected chi connectivity index (χ0v) is 20.4. The lowest BCUT2D eigenvalue weighted by atomic mass is 9.53. The number of nitrogens with zero attached hydrogens (tertiary/aromatic N) is 1. The summed E-state index contributed by atoms with van der Waals surface area (Å²) in [7, 11) is 0. The van der Waals surface area contributed by atoms with Crippen LogP contribution >= 0.6 is 0 Å². The van der Waals surface area contributed by atoms with E-state index in [4.69, 9.17) is 4.74 Å². The Morgan fingerprint density at radius 3 is 1.94 bits per heavy atom. The van der Waals surface area contributed by atoms with Crippen molar-refractivity contribution >= 4 is 12.1 Å². The Labute approximate surface area is 188 Å². The highest BCUT2D eigenvalue weighted by Crippen LogP contribution is 2.55. The fourth-order valence-electron chi connectivity index (χ4n) is 7.18. The molecule has 1 aliphatic heterocycles. The second-order valence-electron chi connectivity index (χ2n) is 13.1. The molecule has 5 aliphatic rings. The lowest BCUT2D eigenvalue weighted by Gasteiger charge is -2.56. The van der Waals surface area contributed by atoms with E-state index in [0.29, 0.717) is 6.54 Å². The van der Waals surface area contributed by atoms with E-state index in [-0.39, 0.29) is 35.2 Å². The fraction of sp³-hybridized carbons (Fsp3) is 0.920. The van der Waals surface area contributed by atoms with Gasteiger partial charge in [-0.2, -0.15) is 0 Å². The minimum atomic E-state index is -0.508. The van der Waals surface area contributed by atoms with Crippen LogP contribution in [0.5, 0.6) is 0 Å². The molecule has 0 aromatic carbocycles. The van der Waals surface area contributed by atoms with Gasteiger partial charge in [-0.25, -0.2) is 9.59 Å². The van der Waals surface area contributed by atoms with Crippen LogP contribution in [-0.4, -0.2) is 46.8 Å². The Morgan fingerprint density at radius 2 is 1.45 bits per heavy atom. The zero-order valence-electron chi connectivity index (χ0n) is 20.4. The lowest BCUT2D eigenvalue weighted by molar-refractivity contribution is -0.0156. The fourth-order valence-corrected chi connectivity index (χ4v) is 7.18. The highest BCUT2D eigenvalue weighted by Gasteiger charge is 2.51. The van der Waals surface area contributed by atoms with Gasteiger partial charge in [0.15, 0.2) is 0 Å². The third kappa shape index (κ3) is 5.14. The Balaban J connectivity index is 1.36. The first kappa shape index (κ1) is 22.7. The monoisotopic (exact) mass is 433 g/mol. The molecule has 4 saturated carbocycles. The Hall–Kier alpha value is -1.46. The molecule has 0 radical (unpaired) electrons. The molecule has 4 aliphatic carbocycles. The van der Waals surface area contributed by atoms with Crippen molar-refractivity contribution in [3.63, 3.8) is 0 Å². The van der Waals surface area contributed by atoms with Crippen molar-refractivity contribution in [2.24, 2.45) is 23.2 Å². The number of likely N-dealkylation sites (tertiary alicyclic amines) is 1. The second-order valence-corrected chi connectivity index (χ2v) is 13.1. The van der Waals surface area contributed by atoms with Crippen LogP contribution in [0, 0.1) is 23.2 Å². The van der Waals surface area contributed by atoms with E-state index in [2.05, 4.69) is 31.4 Å². The molecule has 6 nitrogen and oxygen atoms in total. The highest BCUT2D eigenvalue weighted by atomic mass is 16.6. The van der Waals surface area contributed by atoms with Gasteiger partial charge < -0.3 is 20.3 Å². The van der Waals surface area contributed by atoms with Crippen molar-refractivity contribution in [2.75, 3.05) is 6.54 Å². The van der Waals surface area contributed by atoms with Crippen LogP contribution in [0.4, 0.5) is 9.59 Å². The minimum absolute atomic E-state index is 0.00896. The Morgan fingerprint density at radius 1 is 0.903 bits per heavy atom. The van der Waals surface area contributed by atoms with Crippen LogP contribution in [-0.2, 0) is 4.74 Å². The maximum Gasteiger partial charge on any atom is 0.410 e. The predicted octanol–water partition coefficient (Wildman–Crippen LogP) is 5.07. The van der Waals surface area contributed by atoms with Gasteiger partial charge >= 0.3 is 12.1 Å². The van der Waals surface area contributed by atoms with Gasteiger partial charge in [0.25, 0.3) is 0 Å². The average molecular weight is 434 g/mol. The van der Waals surface area contributed by atoms with Crippen LogP contribution in [0.25, 0.3) is 0 Å². The molecule has 0 aromatic heterocycles. The van der Waals surface area contributed by atoms with Gasteiger partial charge in [-0.15, -0.1) is 0 Å². The maximum atomic E-state index is 13.0. The number of amides is 3. The summed E-state index contributed by atoms with van der Waals surface area (Å²) in [5, 5.41) is 6.71. The molecule has 2 atom stereocenters. The molecule has 1 saturated heterocycles. The number of rotatable bonds is 2. The van der Waals surface area contributed by atoms with Gasteiger partial charge in [0.05, 0.1) is 0 Å². The van der Waals surface area contributed by atoms with Crippen molar-refractivity contribution in [3.05, 3.63) is 0 Å². The normalized spacial score (nSPS) is 37.5. The number of carbonyl (C=O) groups excluding carboxylic acids is 2. The molecule has 1 heterocycles. The summed E-state index contributed by atoms with van der Waals surface area (Å²) in [4.78, 5) is 27.7. The molecular weight excluding hydrogens is 390 g/mol. The maximum absolute atomic E-state index is 13.0. The van der Waals surface area contributed by atoms with Crippen LogP contribution in [0.15, 0.2) is 0 Å². The van der Waals surface area contributed by atoms with E-state index in [0.717, 1.165) is 49.9 Å². The smallest absolute Gasteiger partial charge is 0.410 e. The predicted molar refractivity (Wildman–Crippen MR) is 122 cm³/mol. The number of ether oxygens (including phenoxy) is 1. The highest BCUT2D eigenvalue weighted by molar-refractivity contribution is 5.75. The molecule has 5 rings (SSSR count). The van der Waals surface area contributed by atoms with Gasteiger partial charge in [-0.05, 0) is 95.3 Å². The number of nitrogens with one attached hydrogen (secondary N) is 2. The summed E-state index contributed by atoms with van der Waals surface area (Å²) >= 11 is 0. The first-order valence-electron chi connectivity index (χ1n) is 12.4. The van der Waals surface area contributed by atoms with Crippen LogP contribution in [0.2, 0.25) is 0 Å². The van der Waals surface area contributed by atoms with Gasteiger partial charge in [-0.1, -0.05) is 20.8 Å². The first-order chi connectivity index (χ1) is 14.3. The van der Waals surface area contributed by atoms with Gasteiger partial charge in [0.2, 0.25) is 0 Å². The van der Waals surface area contributed by atoms with E-state index in [9.17, 15) is 9.59 Å². The lowest BCUT2D eigenvalue weighted by Crippen LogP contribution is -2.63. The van der Waals surface area contributed by atoms with Crippen molar-refractivity contribution < 1.29 is 14.3 Å². The van der Waals surface area contributed by atoms with Crippen LogP contribution in [0.3, 0.4) is 0 Å². The summed E-state index contributed by atoms with van der Waals surface area (Å²) in [6.07, 6.45) is 8.88. The van der Waals surface area contributed by atoms with E-state index in [1.54, 1.807) is 0 Å². The molecule has 5 fully saturated rings. The Bertz CT molecular complexity index is 670. The standard InChI is InChI=1S/C25H43N3O3/c1-23(2,3)20-12-19(7-8-28(20)22(30)31-24(4,5)6)26-21(29)27-25-13-16-9-17(14-25)11-18(10-16)15-25/h16-20H,7-15H2,1-6H3,(H2,26,27,29). The molecule has 0 aromatic rings. The van der Waals surface area contributed by atoms with E-state index in [1.165, 1.54) is 19.3 Å². The van der Waals surface area contributed by atoms with Gasteiger partial charge in [0.1, 0.15) is 5.60 Å². The van der Waals surface area contributed by atoms with E-state index in [1.807, 2.05) is 25.7 Å². The second kappa shape index (κ2) is 7.84. The number of piperidine rings is 1. The molecule has 0 spiro atoms. The van der Waals surface area contributed by atoms with Crippen molar-refractivity contribution in [2.45, 2.75) is 116 Å². The molecule has 31 heavy (non-hydrogen) atoms. The molecule has 2 N–H and O–H groups in total. The van der Waals surface area contributed by atoms with Crippen molar-refractivity contribution in [1.82, 2.24) is 15.5 Å². The van der Waals surface area contributed by atoms with Crippen LogP contribution < -0.4 is 10.6 Å². The Kier molecular flexibility index (Phi) is 5.75. The average Bonchev–Trinajstić information content (AvgIpc) is 2.57. The van der Waals surface area contributed by atoms with E-state index < -0.39 is 5.60 Å². The van der Waals surface area contributed by atoms with Gasteiger partial charge in [0, 0.05) is 24.2 Å². The summed E-state index contributed by atoms with van der Waals surface area (Å²) in [5.74, 6) is 2.44. The SMILES string of the molecule is CC(C)(C)OC(=O)N1CCC(NC(=O)NC23CC4CC(CC(C4)C2)C3)CC1C(C)(C)C. The molecule has 3 amide bonds. The third-order valence-electron chi connectivity index (χ3n) is 7.98. The first-order valence-corrected chi connectivity index (χ1v) is 12.4.